The molecule has 0 saturated heterocycles. The number of nitrogen functional groups attached to an aromatic ring is 1. The Balaban J connectivity index is 2.86. The first-order valence-electron chi connectivity index (χ1n) is 5.90. The molecule has 0 amide bonds. The van der Waals surface area contributed by atoms with Crippen LogP contribution in [0.2, 0.25) is 0 Å². The third kappa shape index (κ3) is 4.59. The van der Waals surface area contributed by atoms with Gasteiger partial charge in [0.15, 0.2) is 0 Å². The molecule has 19 heavy (non-hydrogen) atoms. The van der Waals surface area contributed by atoms with Gasteiger partial charge in [0, 0.05) is 35.0 Å². The third-order valence-corrected chi connectivity index (χ3v) is 5.28. The van der Waals surface area contributed by atoms with Crippen LogP contribution in [0.15, 0.2) is 17.0 Å². The summed E-state index contributed by atoms with van der Waals surface area (Å²) in [4.78, 5) is 0.277. The van der Waals surface area contributed by atoms with E-state index in [-0.39, 0.29) is 11.4 Å². The summed E-state index contributed by atoms with van der Waals surface area (Å²) in [6.07, 6.45) is 2.15. The summed E-state index contributed by atoms with van der Waals surface area (Å²) in [5.74, 6) is 0.488. The van der Waals surface area contributed by atoms with E-state index in [0.29, 0.717) is 29.0 Å². The lowest BCUT2D eigenvalue weighted by atomic mass is 10.1. The number of anilines is 1. The van der Waals surface area contributed by atoms with Gasteiger partial charge in [0.1, 0.15) is 0 Å². The highest BCUT2D eigenvalue weighted by Gasteiger charge is 2.19. The fraction of sp³-hybridized carbons (Fsp3) is 0.500. The van der Waals surface area contributed by atoms with Crippen molar-refractivity contribution in [3.63, 3.8) is 0 Å². The van der Waals surface area contributed by atoms with Gasteiger partial charge >= 0.3 is 0 Å². The van der Waals surface area contributed by atoms with Crippen molar-refractivity contribution in [2.75, 3.05) is 24.3 Å². The van der Waals surface area contributed by atoms with Crippen molar-refractivity contribution in [3.05, 3.63) is 23.3 Å². The molecule has 3 N–H and O–H groups in total. The summed E-state index contributed by atoms with van der Waals surface area (Å²) < 4.78 is 37.8. The maximum atomic E-state index is 12.2. The Labute approximate surface area is 117 Å². The van der Waals surface area contributed by atoms with Crippen LogP contribution >= 0.6 is 0 Å². The molecular formula is C12H20N2O3S2. The SMILES string of the molecule is Cc1cc(N)cc(C)c1S(=O)(=O)NCCCS(C)=O. The molecule has 0 bridgehead atoms. The summed E-state index contributed by atoms with van der Waals surface area (Å²) >= 11 is 0. The average molecular weight is 304 g/mol. The third-order valence-electron chi connectivity index (χ3n) is 2.65. The van der Waals surface area contributed by atoms with E-state index < -0.39 is 20.8 Å². The second kappa shape index (κ2) is 6.49. The van der Waals surface area contributed by atoms with E-state index in [1.165, 1.54) is 0 Å². The number of aryl methyl sites for hydroxylation is 2. The standard InChI is InChI=1S/C12H20N2O3S2/c1-9-7-11(13)8-10(2)12(9)19(16,17)14-5-4-6-18(3)15/h7-8,14H,4-6,13H2,1-3H3. The minimum atomic E-state index is -3.54. The zero-order valence-electron chi connectivity index (χ0n) is 11.4. The lowest BCUT2D eigenvalue weighted by Gasteiger charge is -2.12. The van der Waals surface area contributed by atoms with Crippen molar-refractivity contribution in [3.8, 4) is 0 Å². The van der Waals surface area contributed by atoms with E-state index in [2.05, 4.69) is 4.72 Å². The molecule has 7 heteroatoms. The summed E-state index contributed by atoms with van der Waals surface area (Å²) in [7, 11) is -4.44. The van der Waals surface area contributed by atoms with Gasteiger partial charge in [-0.2, -0.15) is 0 Å². The summed E-state index contributed by atoms with van der Waals surface area (Å²) in [5.41, 5.74) is 7.49. The molecule has 0 spiro atoms. The van der Waals surface area contributed by atoms with Crippen molar-refractivity contribution >= 4 is 26.5 Å². The van der Waals surface area contributed by atoms with Crippen LogP contribution in [0.4, 0.5) is 5.69 Å². The molecular weight excluding hydrogens is 284 g/mol. The zero-order valence-corrected chi connectivity index (χ0v) is 13.0. The molecule has 108 valence electrons. The van der Waals surface area contributed by atoms with Gasteiger partial charge < -0.3 is 5.73 Å². The molecule has 0 aliphatic rings. The van der Waals surface area contributed by atoms with Crippen LogP contribution in [0.5, 0.6) is 0 Å². The van der Waals surface area contributed by atoms with E-state index in [1.807, 2.05) is 0 Å². The van der Waals surface area contributed by atoms with E-state index in [9.17, 15) is 12.6 Å². The number of nitrogens with one attached hydrogen (secondary N) is 1. The van der Waals surface area contributed by atoms with Crippen LogP contribution in [0.25, 0.3) is 0 Å². The smallest absolute Gasteiger partial charge is 0.241 e. The van der Waals surface area contributed by atoms with Crippen LogP contribution in [0, 0.1) is 13.8 Å². The monoisotopic (exact) mass is 304 g/mol. The number of hydrogen-bond acceptors (Lipinski definition) is 4. The first-order valence-corrected chi connectivity index (χ1v) is 9.11. The van der Waals surface area contributed by atoms with Crippen molar-refractivity contribution in [2.24, 2.45) is 0 Å². The van der Waals surface area contributed by atoms with Crippen molar-refractivity contribution in [1.82, 2.24) is 4.72 Å². The highest BCUT2D eigenvalue weighted by atomic mass is 32.2. The molecule has 1 unspecified atom stereocenters. The first-order chi connectivity index (χ1) is 8.74. The van der Waals surface area contributed by atoms with Gasteiger partial charge in [0.2, 0.25) is 10.0 Å². The molecule has 1 aromatic carbocycles. The Hall–Kier alpha value is -0.920. The van der Waals surface area contributed by atoms with E-state index in [0.717, 1.165) is 0 Å². The number of rotatable bonds is 6. The van der Waals surface area contributed by atoms with Gasteiger partial charge in [-0.15, -0.1) is 0 Å². The van der Waals surface area contributed by atoms with Gasteiger partial charge in [0.05, 0.1) is 4.90 Å². The van der Waals surface area contributed by atoms with Crippen molar-refractivity contribution in [2.45, 2.75) is 25.2 Å². The number of hydrogen-bond donors (Lipinski definition) is 2. The minimum Gasteiger partial charge on any atom is -0.399 e. The van der Waals surface area contributed by atoms with Gasteiger partial charge in [-0.05, 0) is 43.5 Å². The quantitative estimate of drug-likeness (QED) is 0.604. The van der Waals surface area contributed by atoms with Gasteiger partial charge in [0.25, 0.3) is 0 Å². The molecule has 1 rings (SSSR count). The van der Waals surface area contributed by atoms with E-state index in [4.69, 9.17) is 5.73 Å². The Morgan fingerprint density at radius 3 is 2.26 bits per heavy atom. The van der Waals surface area contributed by atoms with Crippen molar-refractivity contribution < 1.29 is 12.6 Å². The van der Waals surface area contributed by atoms with Crippen LogP contribution in [-0.4, -0.2) is 31.2 Å². The number of sulfonamides is 1. The summed E-state index contributed by atoms with van der Waals surface area (Å²) in [6, 6.07) is 3.28. The average Bonchev–Trinajstić information content (AvgIpc) is 2.22. The van der Waals surface area contributed by atoms with Crippen molar-refractivity contribution in [1.29, 1.82) is 0 Å². The number of nitrogens with two attached hydrogens (primary N) is 1. The minimum absolute atomic E-state index is 0.277. The predicted octanol–water partition coefficient (Wildman–Crippen LogP) is 0.933. The molecule has 0 aliphatic carbocycles. The second-order valence-corrected chi connectivity index (χ2v) is 7.77. The molecule has 1 aromatic rings. The fourth-order valence-electron chi connectivity index (χ4n) is 1.96. The van der Waals surface area contributed by atoms with E-state index >= 15 is 0 Å². The van der Waals surface area contributed by atoms with Crippen LogP contribution in [0.3, 0.4) is 0 Å². The first kappa shape index (κ1) is 16.1. The Morgan fingerprint density at radius 1 is 1.26 bits per heavy atom. The molecule has 0 aliphatic heterocycles. The summed E-state index contributed by atoms with van der Waals surface area (Å²) in [5, 5.41) is 0. The van der Waals surface area contributed by atoms with Crippen LogP contribution in [0.1, 0.15) is 17.5 Å². The Morgan fingerprint density at radius 2 is 1.79 bits per heavy atom. The van der Waals surface area contributed by atoms with Gasteiger partial charge in [-0.25, -0.2) is 13.1 Å². The van der Waals surface area contributed by atoms with Crippen LogP contribution < -0.4 is 10.5 Å². The lowest BCUT2D eigenvalue weighted by Crippen LogP contribution is -2.27. The maximum Gasteiger partial charge on any atom is 0.241 e. The molecule has 1 atom stereocenters. The van der Waals surface area contributed by atoms with Gasteiger partial charge in [-0.1, -0.05) is 0 Å². The molecule has 0 heterocycles. The summed E-state index contributed by atoms with van der Waals surface area (Å²) in [6.45, 7) is 3.73. The molecule has 0 fully saturated rings. The normalized spacial score (nSPS) is 13.4. The van der Waals surface area contributed by atoms with E-state index in [1.54, 1.807) is 32.2 Å². The lowest BCUT2D eigenvalue weighted by molar-refractivity contribution is 0.579. The Kier molecular flexibility index (Phi) is 5.51. The predicted molar refractivity (Wildman–Crippen MR) is 79.1 cm³/mol. The number of benzene rings is 1. The van der Waals surface area contributed by atoms with Crippen LogP contribution in [-0.2, 0) is 20.8 Å². The zero-order chi connectivity index (χ0) is 14.6. The largest absolute Gasteiger partial charge is 0.399 e. The molecule has 0 saturated carbocycles. The second-order valence-electron chi connectivity index (χ2n) is 4.51. The highest BCUT2D eigenvalue weighted by Crippen LogP contribution is 2.22. The highest BCUT2D eigenvalue weighted by molar-refractivity contribution is 7.89. The molecule has 5 nitrogen and oxygen atoms in total. The molecule has 0 radical (unpaired) electrons. The molecule has 0 aromatic heterocycles. The maximum absolute atomic E-state index is 12.2. The fourth-order valence-corrected chi connectivity index (χ4v) is 4.04. The topological polar surface area (TPSA) is 89.3 Å². The van der Waals surface area contributed by atoms with Gasteiger partial charge in [-0.3, -0.25) is 4.21 Å². The Bertz CT molecular complexity index is 560.